The number of nitrogens with one attached hydrogen (secondary N) is 1. The zero-order valence-corrected chi connectivity index (χ0v) is 10.3. The van der Waals surface area contributed by atoms with E-state index in [-0.39, 0.29) is 11.3 Å². The Bertz CT molecular complexity index is 513. The Balaban J connectivity index is 2.13. The molecule has 2 nitrogen and oxygen atoms in total. The molecule has 1 fully saturated rings. The lowest BCUT2D eigenvalue weighted by atomic mass is 9.66. The van der Waals surface area contributed by atoms with Crippen LogP contribution in [-0.2, 0) is 11.2 Å². The molecule has 17 heavy (non-hydrogen) atoms. The number of fused-ring (bicyclic) bond motifs is 3. The van der Waals surface area contributed by atoms with Crippen molar-refractivity contribution in [1.29, 1.82) is 0 Å². The second-order valence-corrected chi connectivity index (χ2v) is 5.71. The molecule has 0 bridgehead atoms. The highest BCUT2D eigenvalue weighted by molar-refractivity contribution is 5.81. The lowest BCUT2D eigenvalue weighted by Crippen LogP contribution is -2.43. The van der Waals surface area contributed by atoms with Crippen molar-refractivity contribution in [3.63, 3.8) is 0 Å². The molecule has 1 aromatic carbocycles. The fourth-order valence-corrected chi connectivity index (χ4v) is 3.19. The van der Waals surface area contributed by atoms with E-state index in [0.29, 0.717) is 12.3 Å². The van der Waals surface area contributed by atoms with E-state index in [0.717, 1.165) is 12.1 Å². The molecule has 1 atom stereocenters. The molecule has 0 radical (unpaired) electrons. The zero-order chi connectivity index (χ0) is 12.0. The van der Waals surface area contributed by atoms with Crippen molar-refractivity contribution in [3.05, 3.63) is 47.2 Å². The molecule has 1 unspecified atom stereocenters. The predicted octanol–water partition coefficient (Wildman–Crippen LogP) is 2.76. The van der Waals surface area contributed by atoms with E-state index in [4.69, 9.17) is 0 Å². The summed E-state index contributed by atoms with van der Waals surface area (Å²) >= 11 is 0. The quantitative estimate of drug-likeness (QED) is 0.725. The second-order valence-electron chi connectivity index (χ2n) is 5.71. The van der Waals surface area contributed by atoms with Gasteiger partial charge in [0.15, 0.2) is 0 Å². The molecule has 0 aromatic heterocycles. The van der Waals surface area contributed by atoms with E-state index in [1.165, 1.54) is 11.1 Å². The topological polar surface area (TPSA) is 29.1 Å². The molecule has 2 heteroatoms. The fraction of sp³-hybridized carbons (Fsp3) is 0.400. The van der Waals surface area contributed by atoms with Gasteiger partial charge in [-0.3, -0.25) is 4.79 Å². The van der Waals surface area contributed by atoms with Gasteiger partial charge < -0.3 is 5.32 Å². The summed E-state index contributed by atoms with van der Waals surface area (Å²) in [7, 11) is 0. The largest absolute Gasteiger partial charge is 0.329 e. The number of amides is 1. The van der Waals surface area contributed by atoms with Crippen molar-refractivity contribution in [1.82, 2.24) is 5.32 Å². The van der Waals surface area contributed by atoms with Crippen LogP contribution < -0.4 is 5.32 Å². The van der Waals surface area contributed by atoms with Gasteiger partial charge >= 0.3 is 0 Å². The Hall–Kier alpha value is -1.57. The summed E-state index contributed by atoms with van der Waals surface area (Å²) in [5.41, 5.74) is 3.88. The third-order valence-corrected chi connectivity index (χ3v) is 3.90. The summed E-state index contributed by atoms with van der Waals surface area (Å²) in [6.07, 6.45) is 3.70. The van der Waals surface area contributed by atoms with Crippen molar-refractivity contribution in [3.8, 4) is 0 Å². The SMILES string of the molecule is CC1(C)CC(=O)NC2=CCc3ccccc3C21. The van der Waals surface area contributed by atoms with Gasteiger partial charge in [-0.2, -0.15) is 0 Å². The lowest BCUT2D eigenvalue weighted by Gasteiger charge is -2.43. The molecule has 3 rings (SSSR count). The molecule has 1 aromatic rings. The monoisotopic (exact) mass is 227 g/mol. The van der Waals surface area contributed by atoms with Crippen LogP contribution in [-0.4, -0.2) is 5.91 Å². The average Bonchev–Trinajstić information content (AvgIpc) is 2.26. The number of piperidine rings is 1. The number of rotatable bonds is 0. The number of allylic oxidation sites excluding steroid dienone is 2. The van der Waals surface area contributed by atoms with E-state index in [1.807, 2.05) is 0 Å². The van der Waals surface area contributed by atoms with Gasteiger partial charge in [0.2, 0.25) is 5.91 Å². The van der Waals surface area contributed by atoms with Gasteiger partial charge in [0, 0.05) is 18.0 Å². The number of hydrogen-bond acceptors (Lipinski definition) is 1. The summed E-state index contributed by atoms with van der Waals surface area (Å²) in [5.74, 6) is 0.488. The van der Waals surface area contributed by atoms with E-state index in [1.54, 1.807) is 0 Å². The number of hydrogen-bond donors (Lipinski definition) is 1. The maximum Gasteiger partial charge on any atom is 0.224 e. The molecule has 0 spiro atoms. The molecule has 88 valence electrons. The summed E-state index contributed by atoms with van der Waals surface area (Å²) in [6.45, 7) is 4.37. The number of carbonyl (C=O) groups excluding carboxylic acids is 1. The molecule has 1 saturated heterocycles. The molecule has 1 aliphatic carbocycles. The average molecular weight is 227 g/mol. The number of carbonyl (C=O) groups is 1. The maximum atomic E-state index is 11.7. The van der Waals surface area contributed by atoms with Crippen LogP contribution in [0.2, 0.25) is 0 Å². The van der Waals surface area contributed by atoms with Crippen molar-refractivity contribution >= 4 is 5.91 Å². The van der Waals surface area contributed by atoms with Crippen LogP contribution >= 0.6 is 0 Å². The molecule has 1 amide bonds. The summed E-state index contributed by atoms with van der Waals surface area (Å²) < 4.78 is 0. The Morgan fingerprint density at radius 1 is 1.29 bits per heavy atom. The number of benzene rings is 1. The standard InChI is InChI=1S/C15H17NO/c1-15(2)9-13(17)16-12-8-7-10-5-3-4-6-11(10)14(12)15/h3-6,8,14H,7,9H2,1-2H3,(H,16,17). The molecule has 2 aliphatic rings. The summed E-state index contributed by atoms with van der Waals surface area (Å²) in [5, 5.41) is 3.04. The summed E-state index contributed by atoms with van der Waals surface area (Å²) in [6, 6.07) is 8.57. The Morgan fingerprint density at radius 3 is 2.88 bits per heavy atom. The minimum Gasteiger partial charge on any atom is -0.329 e. The first-order valence-corrected chi connectivity index (χ1v) is 6.16. The highest BCUT2D eigenvalue weighted by atomic mass is 16.1. The summed E-state index contributed by atoms with van der Waals surface area (Å²) in [4.78, 5) is 11.7. The minimum absolute atomic E-state index is 0.00465. The van der Waals surface area contributed by atoms with Crippen LogP contribution in [0.1, 0.15) is 37.3 Å². The Kier molecular flexibility index (Phi) is 2.15. The van der Waals surface area contributed by atoms with E-state index in [9.17, 15) is 4.79 Å². The van der Waals surface area contributed by atoms with Crippen LogP contribution in [0.4, 0.5) is 0 Å². The van der Waals surface area contributed by atoms with Crippen LogP contribution in [0.3, 0.4) is 0 Å². The highest BCUT2D eigenvalue weighted by Crippen LogP contribution is 2.48. The highest BCUT2D eigenvalue weighted by Gasteiger charge is 2.41. The van der Waals surface area contributed by atoms with Crippen molar-refractivity contribution in [2.24, 2.45) is 5.41 Å². The normalized spacial score (nSPS) is 25.4. The van der Waals surface area contributed by atoms with Gasteiger partial charge in [-0.05, 0) is 23.0 Å². The Morgan fingerprint density at radius 2 is 2.06 bits per heavy atom. The third-order valence-electron chi connectivity index (χ3n) is 3.90. The van der Waals surface area contributed by atoms with E-state index >= 15 is 0 Å². The van der Waals surface area contributed by atoms with Gasteiger partial charge in [-0.15, -0.1) is 0 Å². The minimum atomic E-state index is 0.00465. The van der Waals surface area contributed by atoms with Gasteiger partial charge in [-0.25, -0.2) is 0 Å². The van der Waals surface area contributed by atoms with Gasteiger partial charge in [0.1, 0.15) is 0 Å². The lowest BCUT2D eigenvalue weighted by molar-refractivity contribution is -0.124. The van der Waals surface area contributed by atoms with Crippen molar-refractivity contribution < 1.29 is 4.79 Å². The fourth-order valence-electron chi connectivity index (χ4n) is 3.19. The van der Waals surface area contributed by atoms with Crippen LogP contribution in [0.15, 0.2) is 36.0 Å². The van der Waals surface area contributed by atoms with E-state index in [2.05, 4.69) is 49.5 Å². The van der Waals surface area contributed by atoms with Crippen molar-refractivity contribution in [2.75, 3.05) is 0 Å². The molecular weight excluding hydrogens is 210 g/mol. The second kappa shape index (κ2) is 3.46. The zero-order valence-electron chi connectivity index (χ0n) is 10.3. The predicted molar refractivity (Wildman–Crippen MR) is 67.5 cm³/mol. The smallest absolute Gasteiger partial charge is 0.224 e. The van der Waals surface area contributed by atoms with Gasteiger partial charge in [-0.1, -0.05) is 44.2 Å². The first-order chi connectivity index (χ1) is 8.08. The molecule has 1 heterocycles. The maximum absolute atomic E-state index is 11.7. The van der Waals surface area contributed by atoms with Crippen molar-refractivity contribution in [2.45, 2.75) is 32.6 Å². The van der Waals surface area contributed by atoms with Gasteiger partial charge in [0.05, 0.1) is 0 Å². The first kappa shape index (κ1) is 10.6. The molecule has 1 aliphatic heterocycles. The Labute approximate surface area is 102 Å². The van der Waals surface area contributed by atoms with Crippen LogP contribution in [0.25, 0.3) is 0 Å². The van der Waals surface area contributed by atoms with Crippen LogP contribution in [0.5, 0.6) is 0 Å². The van der Waals surface area contributed by atoms with Crippen LogP contribution in [0, 0.1) is 5.41 Å². The first-order valence-electron chi connectivity index (χ1n) is 6.16. The molecule has 1 N–H and O–H groups in total. The third kappa shape index (κ3) is 1.59. The molecular formula is C15H17NO. The molecule has 0 saturated carbocycles. The van der Waals surface area contributed by atoms with E-state index < -0.39 is 0 Å². The van der Waals surface area contributed by atoms with Gasteiger partial charge in [0.25, 0.3) is 0 Å².